The van der Waals surface area contributed by atoms with E-state index >= 15 is 0 Å². The first-order chi connectivity index (χ1) is 30.9. The Balaban J connectivity index is 0.734. The molecule has 3 N–H and O–H groups in total. The molecule has 5 heterocycles. The molecular formula is C45H46F6N8O6. The van der Waals surface area contributed by atoms with Crippen LogP contribution < -0.4 is 20.7 Å². The number of alkyl halides is 6. The third-order valence-electron chi connectivity index (χ3n) is 13.8. The molecule has 2 aromatic heterocycles. The highest BCUT2D eigenvalue weighted by Crippen LogP contribution is 2.54. The van der Waals surface area contributed by atoms with Gasteiger partial charge in [0, 0.05) is 42.8 Å². The van der Waals surface area contributed by atoms with Gasteiger partial charge in [0.15, 0.2) is 5.75 Å². The number of ether oxygens (including phenoxy) is 1. The van der Waals surface area contributed by atoms with Gasteiger partial charge in [0.2, 0.25) is 11.8 Å². The monoisotopic (exact) mass is 908 g/mol. The second-order valence-electron chi connectivity index (χ2n) is 18.1. The molecule has 14 nitrogen and oxygen atoms in total. The van der Waals surface area contributed by atoms with Crippen LogP contribution in [-0.2, 0) is 15.8 Å². The predicted octanol–water partition coefficient (Wildman–Crippen LogP) is 7.73. The summed E-state index contributed by atoms with van der Waals surface area (Å²) in [6, 6.07) is 9.05. The molecule has 4 aromatic rings. The zero-order valence-corrected chi connectivity index (χ0v) is 35.1. The summed E-state index contributed by atoms with van der Waals surface area (Å²) < 4.78 is 85.7. The highest BCUT2D eigenvalue weighted by atomic mass is 19.4. The van der Waals surface area contributed by atoms with E-state index in [1.54, 1.807) is 29.1 Å². The minimum Gasteiger partial charge on any atom is -0.403 e. The Labute approximate surface area is 368 Å². The van der Waals surface area contributed by atoms with Crippen molar-refractivity contribution in [1.82, 2.24) is 29.9 Å². The van der Waals surface area contributed by atoms with Gasteiger partial charge in [-0.25, -0.2) is 4.98 Å². The van der Waals surface area contributed by atoms with Crippen molar-refractivity contribution in [2.75, 3.05) is 36.8 Å². The van der Waals surface area contributed by atoms with Crippen molar-refractivity contribution in [2.24, 2.45) is 17.3 Å². The number of amides is 5. The number of anilines is 2. The molecule has 1 spiro atoms. The second-order valence-corrected chi connectivity index (χ2v) is 18.1. The molecule has 2 aromatic carbocycles. The topological polar surface area (TPSA) is 168 Å². The van der Waals surface area contributed by atoms with Crippen LogP contribution in [0.25, 0.3) is 10.9 Å². The Morgan fingerprint density at radius 1 is 0.877 bits per heavy atom. The summed E-state index contributed by atoms with van der Waals surface area (Å²) in [7, 11) is 0. The molecule has 1 atom stereocenters. The van der Waals surface area contributed by atoms with Crippen molar-refractivity contribution in [3.05, 3.63) is 77.2 Å². The number of hydrogen-bond donors (Lipinski definition) is 3. The van der Waals surface area contributed by atoms with Crippen LogP contribution in [0.5, 0.6) is 5.75 Å². The fourth-order valence-corrected chi connectivity index (χ4v) is 10.5. The molecule has 2 saturated carbocycles. The van der Waals surface area contributed by atoms with Gasteiger partial charge in [-0.2, -0.15) is 18.3 Å². The number of likely N-dealkylation sites (tertiary alicyclic amines) is 1. The van der Waals surface area contributed by atoms with Crippen molar-refractivity contribution in [1.29, 1.82) is 0 Å². The van der Waals surface area contributed by atoms with Crippen molar-refractivity contribution >= 4 is 51.8 Å². The summed E-state index contributed by atoms with van der Waals surface area (Å²) in [5.74, 6) is -2.98. The van der Waals surface area contributed by atoms with Gasteiger partial charge in [0.25, 0.3) is 17.7 Å². The lowest BCUT2D eigenvalue weighted by Gasteiger charge is -2.53. The van der Waals surface area contributed by atoms with E-state index in [1.807, 2.05) is 0 Å². The molecule has 0 bridgehead atoms. The highest BCUT2D eigenvalue weighted by Gasteiger charge is 2.47. The minimum absolute atomic E-state index is 0.00215. The zero-order chi connectivity index (χ0) is 45.8. The van der Waals surface area contributed by atoms with Crippen molar-refractivity contribution in [3.63, 3.8) is 0 Å². The number of carbonyl (C=O) groups is 5. The zero-order valence-electron chi connectivity index (χ0n) is 35.1. The van der Waals surface area contributed by atoms with Crippen molar-refractivity contribution < 1.29 is 55.1 Å². The SMILES string of the molecule is O=C1CCC(N2C(=O)c3cccc(NCCC4CC5(CCN(C[C@H]6CC[C@H](n7cc8cc(NC(=O)c9cccc(C(F)(F)F)n9)c(OC(F)(F)F)cc8n7)CC6)CC5)C4)c3C2=O)C(=O)N1. The standard InChI is InChI=1S/C45H46F6N8O6/c46-44(47,48)36-6-2-5-31(53-36)39(61)54-33-19-27-24-58(56-32(27)20-35(33)65-45(49,50)51)28-9-7-25(8-10-28)23-57-17-14-43(15-18-57)21-26(22-43)13-16-52-30-4-1-3-29-38(30)42(64)59(41(29)63)34-11-12-37(60)55-40(34)62/h1-6,19-20,24-26,28,34,52H,7-18,21-23H2,(H,54,61)(H,55,60,62)/t25-,28-,34?. The average molecular weight is 909 g/mol. The molecule has 20 heteroatoms. The number of nitrogens with one attached hydrogen (secondary N) is 3. The van der Waals surface area contributed by atoms with Crippen LogP contribution in [-0.4, -0.2) is 92.7 Å². The third-order valence-corrected chi connectivity index (χ3v) is 13.8. The predicted molar refractivity (Wildman–Crippen MR) is 222 cm³/mol. The molecule has 2 aliphatic carbocycles. The lowest BCUT2D eigenvalue weighted by molar-refractivity contribution is -0.274. The molecule has 3 aliphatic heterocycles. The van der Waals surface area contributed by atoms with Gasteiger partial charge in [-0.1, -0.05) is 12.1 Å². The highest BCUT2D eigenvalue weighted by molar-refractivity contribution is 6.25. The van der Waals surface area contributed by atoms with E-state index < -0.39 is 70.9 Å². The normalized spacial score (nSPS) is 22.8. The molecule has 1 unspecified atom stereocenters. The number of benzene rings is 2. The lowest BCUT2D eigenvalue weighted by atomic mass is 9.57. The van der Waals surface area contributed by atoms with Gasteiger partial charge in [0.05, 0.1) is 28.4 Å². The van der Waals surface area contributed by atoms with Gasteiger partial charge >= 0.3 is 12.5 Å². The van der Waals surface area contributed by atoms with Gasteiger partial charge in [0.1, 0.15) is 17.4 Å². The fourth-order valence-electron chi connectivity index (χ4n) is 10.5. The third kappa shape index (κ3) is 9.26. The molecule has 344 valence electrons. The number of rotatable bonds is 11. The maximum atomic E-state index is 13.4. The molecule has 0 radical (unpaired) electrons. The summed E-state index contributed by atoms with van der Waals surface area (Å²) in [6.07, 6.45) is 0.900. The Kier molecular flexibility index (Phi) is 11.6. The summed E-state index contributed by atoms with van der Waals surface area (Å²) in [5.41, 5.74) is -0.735. The summed E-state index contributed by atoms with van der Waals surface area (Å²) in [6.45, 7) is 3.67. The first kappa shape index (κ1) is 44.2. The van der Waals surface area contributed by atoms with E-state index in [9.17, 15) is 50.3 Å². The first-order valence-electron chi connectivity index (χ1n) is 21.9. The number of pyridine rings is 1. The summed E-state index contributed by atoms with van der Waals surface area (Å²) >= 11 is 0. The number of halogens is 6. The van der Waals surface area contributed by atoms with E-state index in [0.29, 0.717) is 40.9 Å². The van der Waals surface area contributed by atoms with Gasteiger partial charge in [-0.15, -0.1) is 13.2 Å². The number of piperidine rings is 2. The van der Waals surface area contributed by atoms with E-state index in [0.717, 1.165) is 101 Å². The maximum Gasteiger partial charge on any atom is 0.573 e. The van der Waals surface area contributed by atoms with E-state index in [2.05, 4.69) is 35.7 Å². The van der Waals surface area contributed by atoms with E-state index in [-0.39, 0.29) is 35.5 Å². The summed E-state index contributed by atoms with van der Waals surface area (Å²) in [4.78, 5) is 70.5. The average Bonchev–Trinajstić information content (AvgIpc) is 3.77. The molecule has 5 aliphatic rings. The molecule has 2 saturated heterocycles. The van der Waals surface area contributed by atoms with Crippen LogP contribution >= 0.6 is 0 Å². The number of hydrogen-bond acceptors (Lipinski definition) is 10. The van der Waals surface area contributed by atoms with Crippen LogP contribution in [0.2, 0.25) is 0 Å². The number of nitrogens with zero attached hydrogens (tertiary/aromatic N) is 5. The van der Waals surface area contributed by atoms with Crippen LogP contribution in [0.1, 0.15) is 114 Å². The largest absolute Gasteiger partial charge is 0.573 e. The fraction of sp³-hybridized carbons (Fsp3) is 0.489. The summed E-state index contributed by atoms with van der Waals surface area (Å²) in [5, 5.41) is 12.8. The van der Waals surface area contributed by atoms with E-state index in [4.69, 9.17) is 0 Å². The van der Waals surface area contributed by atoms with Crippen molar-refractivity contribution in [3.8, 4) is 5.75 Å². The lowest BCUT2D eigenvalue weighted by Crippen LogP contribution is -2.54. The second kappa shape index (κ2) is 17.1. The first-order valence-corrected chi connectivity index (χ1v) is 21.9. The molecule has 4 fully saturated rings. The number of imide groups is 2. The van der Waals surface area contributed by atoms with Gasteiger partial charge < -0.3 is 20.3 Å². The Morgan fingerprint density at radius 3 is 2.32 bits per heavy atom. The number of aromatic nitrogens is 3. The Morgan fingerprint density at radius 2 is 1.62 bits per heavy atom. The molecule has 65 heavy (non-hydrogen) atoms. The smallest absolute Gasteiger partial charge is 0.403 e. The van der Waals surface area contributed by atoms with Crippen molar-refractivity contribution in [2.45, 2.75) is 95.3 Å². The minimum atomic E-state index is -5.12. The van der Waals surface area contributed by atoms with Crippen LogP contribution in [0.4, 0.5) is 37.7 Å². The molecular weight excluding hydrogens is 863 g/mol. The molecule has 9 rings (SSSR count). The van der Waals surface area contributed by atoms with Gasteiger partial charge in [-0.3, -0.25) is 38.9 Å². The number of fused-ring (bicyclic) bond motifs is 2. The van der Waals surface area contributed by atoms with Gasteiger partial charge in [-0.05, 0) is 125 Å². The van der Waals surface area contributed by atoms with Crippen LogP contribution in [0.15, 0.2) is 54.7 Å². The molecule has 5 amide bonds. The van der Waals surface area contributed by atoms with Crippen LogP contribution in [0.3, 0.4) is 0 Å². The Bertz CT molecular complexity index is 2540. The van der Waals surface area contributed by atoms with E-state index in [1.165, 1.54) is 6.07 Å². The quantitative estimate of drug-likeness (QED) is 0.100. The number of carbonyl (C=O) groups excluding carboxylic acids is 5. The van der Waals surface area contributed by atoms with Crippen LogP contribution in [0, 0.1) is 17.3 Å². The Hall–Kier alpha value is -6.05. The maximum absolute atomic E-state index is 13.4.